The third-order valence-corrected chi connectivity index (χ3v) is 1.03. The molecule has 0 saturated heterocycles. The molecule has 9 heteroatoms. The fraction of sp³-hybridized carbons (Fsp3) is 0.400. The third-order valence-electron chi connectivity index (χ3n) is 1.03. The highest BCUT2D eigenvalue weighted by atomic mass is 19.0. The Morgan fingerprint density at radius 1 is 0.929 bits per heavy atom. The van der Waals surface area contributed by atoms with Crippen LogP contribution in [0.4, 0.5) is 26.0 Å². The number of aromatic nitrogens is 3. The molecule has 0 bridgehead atoms. The molecule has 14 heavy (non-hydrogen) atoms. The Bertz CT molecular complexity index is 229. The van der Waals surface area contributed by atoms with Crippen molar-refractivity contribution >= 4 is 20.3 Å². The van der Waals surface area contributed by atoms with Gasteiger partial charge in [0, 0.05) is 14.8 Å². The molecule has 4 N–H and O–H groups in total. The van der Waals surface area contributed by atoms with E-state index in [2.05, 4.69) is 15.0 Å². The summed E-state index contributed by atoms with van der Waals surface area (Å²) in [6.45, 7) is 1.92. The van der Waals surface area contributed by atoms with Crippen LogP contribution < -0.4 is 11.5 Å². The summed E-state index contributed by atoms with van der Waals surface area (Å²) in [7, 11) is 0. The van der Waals surface area contributed by atoms with Gasteiger partial charge in [-0.2, -0.15) is 15.0 Å². The zero-order valence-electron chi connectivity index (χ0n) is 7.51. The second-order valence-corrected chi connectivity index (χ2v) is 1.82. The van der Waals surface area contributed by atoms with Crippen LogP contribution in [-0.2, 0) is 6.42 Å². The number of hydrogen-bond acceptors (Lipinski definition) is 5. The highest BCUT2D eigenvalue weighted by Gasteiger charge is 1.96. The molecule has 1 aromatic rings. The van der Waals surface area contributed by atoms with E-state index in [0.29, 0.717) is 5.82 Å². The Hall–Kier alpha value is -1.54. The van der Waals surface area contributed by atoms with E-state index in [-0.39, 0.29) is 34.4 Å². The van der Waals surface area contributed by atoms with Crippen molar-refractivity contribution in [1.82, 2.24) is 15.0 Å². The monoisotopic (exact) mass is 210 g/mol. The lowest BCUT2D eigenvalue weighted by Crippen LogP contribution is -2.05. The summed E-state index contributed by atoms with van der Waals surface area (Å²) in [5.74, 6) is 0.999. The highest BCUT2D eigenvalue weighted by molar-refractivity contribution is 5.75. The largest absolute Gasteiger partial charge is 0.368 e. The smallest absolute Gasteiger partial charge is 0.225 e. The minimum Gasteiger partial charge on any atom is -0.368 e. The molecule has 1 heterocycles. The van der Waals surface area contributed by atoms with Gasteiger partial charge in [0.15, 0.2) is 0 Å². The van der Waals surface area contributed by atoms with E-state index in [9.17, 15) is 0 Å². The van der Waals surface area contributed by atoms with Gasteiger partial charge in [-0.25, -0.2) is 0 Å². The first kappa shape index (κ1) is 22.9. The summed E-state index contributed by atoms with van der Waals surface area (Å²) in [4.78, 5) is 11.3. The summed E-state index contributed by atoms with van der Waals surface area (Å²) in [6, 6.07) is 0. The number of nitrogens with two attached hydrogens (primary N) is 2. The summed E-state index contributed by atoms with van der Waals surface area (Å²) in [5, 5.41) is 0. The second kappa shape index (κ2) is 9.55. The summed E-state index contributed by atoms with van der Waals surface area (Å²) >= 11 is 0. The quantitative estimate of drug-likeness (QED) is 0.619. The second-order valence-electron chi connectivity index (χ2n) is 1.82. The Balaban J connectivity index is -0.000000125. The molecule has 0 aliphatic rings. The lowest BCUT2D eigenvalue weighted by atomic mass is 10.5. The predicted octanol–water partition coefficient (Wildman–Crippen LogP) is -0.325. The lowest BCUT2D eigenvalue weighted by Gasteiger charge is -1.96. The fourth-order valence-corrected chi connectivity index (χ4v) is 0.615. The average Bonchev–Trinajstić information content (AvgIpc) is 1.85. The van der Waals surface area contributed by atoms with Gasteiger partial charge < -0.3 is 11.5 Å². The van der Waals surface area contributed by atoms with E-state index in [4.69, 9.17) is 11.5 Å². The Morgan fingerprint density at radius 2 is 1.29 bits per heavy atom. The zero-order valence-corrected chi connectivity index (χ0v) is 7.51. The molecular formula is C5H12BF3N5. The van der Waals surface area contributed by atoms with Crippen molar-refractivity contribution in [2.45, 2.75) is 13.3 Å². The number of anilines is 2. The first-order valence-corrected chi connectivity index (χ1v) is 2.98. The number of aryl methyl sites for hydroxylation is 1. The Kier molecular flexibility index (Phi) is 15.6. The normalized spacial score (nSPS) is 6.93. The molecule has 0 aliphatic carbocycles. The van der Waals surface area contributed by atoms with Gasteiger partial charge in [-0.3, -0.25) is 14.1 Å². The Morgan fingerprint density at radius 3 is 1.57 bits per heavy atom. The van der Waals surface area contributed by atoms with Crippen molar-refractivity contribution in [2.24, 2.45) is 0 Å². The van der Waals surface area contributed by atoms with Gasteiger partial charge in [0.1, 0.15) is 5.82 Å². The van der Waals surface area contributed by atoms with Crippen LogP contribution in [0.3, 0.4) is 0 Å². The van der Waals surface area contributed by atoms with E-state index >= 15 is 0 Å². The van der Waals surface area contributed by atoms with Crippen LogP contribution in [0.1, 0.15) is 12.7 Å². The molecule has 5 nitrogen and oxygen atoms in total. The maximum atomic E-state index is 5.29. The van der Waals surface area contributed by atoms with Crippen molar-refractivity contribution in [1.29, 1.82) is 0 Å². The maximum Gasteiger partial charge on any atom is 0.225 e. The van der Waals surface area contributed by atoms with Gasteiger partial charge >= 0.3 is 0 Å². The standard InChI is InChI=1S/C5H9N5.B.3FH/c1-2-3-8-4(6)10-5(7)9-3;;;;/h2H2,1H3,(H4,6,7,8,9,10);;3*1H. The van der Waals surface area contributed by atoms with E-state index in [1.54, 1.807) is 0 Å². The third kappa shape index (κ3) is 6.03. The van der Waals surface area contributed by atoms with Crippen LogP contribution in [0.15, 0.2) is 0 Å². The molecule has 0 fully saturated rings. The van der Waals surface area contributed by atoms with Gasteiger partial charge in [-0.15, -0.1) is 0 Å². The number of nitrogens with zero attached hydrogens (tertiary/aromatic N) is 3. The van der Waals surface area contributed by atoms with Gasteiger partial charge in [-0.1, -0.05) is 6.92 Å². The van der Waals surface area contributed by atoms with E-state index in [1.807, 2.05) is 6.92 Å². The lowest BCUT2D eigenvalue weighted by molar-refractivity contribution is 0.916. The van der Waals surface area contributed by atoms with Crippen molar-refractivity contribution in [3.8, 4) is 0 Å². The van der Waals surface area contributed by atoms with Crippen LogP contribution in [0.2, 0.25) is 0 Å². The summed E-state index contributed by atoms with van der Waals surface area (Å²) in [6.07, 6.45) is 0.719. The zero-order chi connectivity index (χ0) is 7.56. The van der Waals surface area contributed by atoms with E-state index < -0.39 is 0 Å². The van der Waals surface area contributed by atoms with Crippen molar-refractivity contribution < 1.29 is 14.1 Å². The molecule has 0 aromatic carbocycles. The van der Waals surface area contributed by atoms with Gasteiger partial charge in [0.25, 0.3) is 0 Å². The van der Waals surface area contributed by atoms with Crippen LogP contribution >= 0.6 is 0 Å². The number of nitrogen functional groups attached to an aromatic ring is 2. The molecule has 1 rings (SSSR count). The SMILES string of the molecule is CCc1nc(N)nc(N)n1.F.F.F.[B]. The van der Waals surface area contributed by atoms with Crippen LogP contribution in [0.5, 0.6) is 0 Å². The minimum absolute atomic E-state index is 0. The molecule has 0 unspecified atom stereocenters. The molecule has 0 atom stereocenters. The molecule has 3 radical (unpaired) electrons. The number of halogens is 3. The van der Waals surface area contributed by atoms with Crippen molar-refractivity contribution in [3.05, 3.63) is 5.82 Å². The molecule has 81 valence electrons. The average molecular weight is 210 g/mol. The van der Waals surface area contributed by atoms with E-state index in [1.165, 1.54) is 0 Å². The maximum absolute atomic E-state index is 5.29. The molecule has 0 aliphatic heterocycles. The van der Waals surface area contributed by atoms with E-state index in [0.717, 1.165) is 6.42 Å². The number of hydrogen-bond donors (Lipinski definition) is 2. The first-order valence-electron chi connectivity index (χ1n) is 2.98. The molecular weight excluding hydrogens is 198 g/mol. The molecule has 1 aromatic heterocycles. The highest BCUT2D eigenvalue weighted by Crippen LogP contribution is 1.97. The van der Waals surface area contributed by atoms with Gasteiger partial charge in [0.2, 0.25) is 11.9 Å². The molecule has 0 saturated carbocycles. The van der Waals surface area contributed by atoms with Crippen LogP contribution in [-0.4, -0.2) is 23.4 Å². The molecule has 0 spiro atoms. The van der Waals surface area contributed by atoms with Crippen LogP contribution in [0.25, 0.3) is 0 Å². The Labute approximate surface area is 81.0 Å². The van der Waals surface area contributed by atoms with Crippen LogP contribution in [0, 0.1) is 0 Å². The predicted molar refractivity (Wildman–Crippen MR) is 51.3 cm³/mol. The minimum atomic E-state index is 0. The summed E-state index contributed by atoms with van der Waals surface area (Å²) in [5.41, 5.74) is 10.6. The summed E-state index contributed by atoms with van der Waals surface area (Å²) < 4.78 is 0. The first-order chi connectivity index (χ1) is 4.72. The fourth-order valence-electron chi connectivity index (χ4n) is 0.615. The number of rotatable bonds is 1. The van der Waals surface area contributed by atoms with Crippen molar-refractivity contribution in [3.63, 3.8) is 0 Å². The van der Waals surface area contributed by atoms with Crippen molar-refractivity contribution in [2.75, 3.05) is 11.5 Å². The molecule has 0 amide bonds. The van der Waals surface area contributed by atoms with Gasteiger partial charge in [-0.05, 0) is 0 Å². The topological polar surface area (TPSA) is 90.7 Å². The van der Waals surface area contributed by atoms with Gasteiger partial charge in [0.05, 0.1) is 0 Å².